The normalized spacial score (nSPS) is 19.9. The predicted molar refractivity (Wildman–Crippen MR) is 52.2 cm³/mol. The lowest BCUT2D eigenvalue weighted by Crippen LogP contribution is -2.45. The molecule has 0 rings (SSSR count). The highest BCUT2D eigenvalue weighted by Gasteiger charge is 2.30. The summed E-state index contributed by atoms with van der Waals surface area (Å²) < 4.78 is 14.2. The molecule has 6 N–H and O–H groups in total. The topological polar surface area (TPSA) is 148 Å². The zero-order valence-corrected chi connectivity index (χ0v) is 9.14. The Morgan fingerprint density at radius 2 is 1.69 bits per heavy atom. The number of phosphoric ester groups is 1. The summed E-state index contributed by atoms with van der Waals surface area (Å²) >= 11 is 0. The van der Waals surface area contributed by atoms with E-state index < -0.39 is 38.8 Å². The monoisotopic (exact) mass is 258 g/mol. The van der Waals surface area contributed by atoms with Gasteiger partial charge in [0, 0.05) is 0 Å². The Hall–Kier alpha value is -0.310. The number of hydrogen-bond donors (Lipinski definition) is 6. The van der Waals surface area contributed by atoms with E-state index in [-0.39, 0.29) is 0 Å². The molecule has 0 aliphatic carbocycles. The van der Waals surface area contributed by atoms with Gasteiger partial charge in [0.1, 0.15) is 24.4 Å². The van der Waals surface area contributed by atoms with Gasteiger partial charge in [0.05, 0.1) is 6.61 Å². The Kier molecular flexibility index (Phi) is 6.31. The molecule has 4 atom stereocenters. The average Bonchev–Trinajstić information content (AvgIpc) is 2.21. The third-order valence-corrected chi connectivity index (χ3v) is 2.23. The first-order valence-corrected chi connectivity index (χ1v) is 5.77. The van der Waals surface area contributed by atoms with E-state index in [0.29, 0.717) is 0 Å². The lowest BCUT2D eigenvalue weighted by Gasteiger charge is -2.24. The van der Waals surface area contributed by atoms with Crippen LogP contribution in [-0.2, 0) is 9.09 Å². The molecule has 0 spiro atoms. The van der Waals surface area contributed by atoms with Crippen molar-refractivity contribution in [2.75, 3.05) is 6.61 Å². The first kappa shape index (κ1) is 15.7. The molecule has 0 saturated carbocycles. The van der Waals surface area contributed by atoms with Crippen molar-refractivity contribution in [3.8, 4) is 0 Å². The van der Waals surface area contributed by atoms with E-state index in [1.165, 1.54) is 0 Å². The fraction of sp³-hybridized carbons (Fsp3) is 0.714. The van der Waals surface area contributed by atoms with E-state index in [1.54, 1.807) is 0 Å². The number of aliphatic hydroxyl groups excluding tert-OH is 4. The van der Waals surface area contributed by atoms with Crippen LogP contribution in [0.4, 0.5) is 0 Å². The molecule has 0 heterocycles. The molecule has 8 nitrogen and oxygen atoms in total. The van der Waals surface area contributed by atoms with Crippen molar-refractivity contribution in [1.82, 2.24) is 0 Å². The van der Waals surface area contributed by atoms with Crippen LogP contribution in [-0.4, -0.2) is 61.2 Å². The summed E-state index contributed by atoms with van der Waals surface area (Å²) in [4.78, 5) is 16.6. The van der Waals surface area contributed by atoms with Gasteiger partial charge in [0.25, 0.3) is 0 Å². The smallest absolute Gasteiger partial charge is 0.388 e. The van der Waals surface area contributed by atoms with Crippen LogP contribution in [0.25, 0.3) is 0 Å². The quantitative estimate of drug-likeness (QED) is 0.221. The summed E-state index contributed by atoms with van der Waals surface area (Å²) in [5, 5.41) is 36.7. The van der Waals surface area contributed by atoms with Crippen molar-refractivity contribution in [1.29, 1.82) is 0 Å². The maximum atomic E-state index is 10.3. The van der Waals surface area contributed by atoms with Gasteiger partial charge in [-0.2, -0.15) is 0 Å². The minimum atomic E-state index is -4.76. The molecule has 16 heavy (non-hydrogen) atoms. The fourth-order valence-corrected chi connectivity index (χ4v) is 1.19. The van der Waals surface area contributed by atoms with Crippen molar-refractivity contribution in [3.63, 3.8) is 0 Å². The molecule has 0 fully saturated rings. The van der Waals surface area contributed by atoms with Gasteiger partial charge in [0.2, 0.25) is 0 Å². The minimum Gasteiger partial charge on any atom is -0.388 e. The predicted octanol–water partition coefficient (Wildman–Crippen LogP) is -2.27. The Morgan fingerprint density at radius 1 is 1.19 bits per heavy atom. The molecule has 0 bridgehead atoms. The van der Waals surface area contributed by atoms with E-state index in [9.17, 15) is 19.9 Å². The molecule has 0 aliphatic heterocycles. The molecule has 0 radical (unpaired) electrons. The fourth-order valence-electron chi connectivity index (χ4n) is 0.841. The van der Waals surface area contributed by atoms with Gasteiger partial charge in [0.15, 0.2) is 0 Å². The first-order chi connectivity index (χ1) is 7.19. The van der Waals surface area contributed by atoms with Gasteiger partial charge in [-0.05, 0) is 0 Å². The highest BCUT2D eigenvalue weighted by Crippen LogP contribution is 2.35. The van der Waals surface area contributed by atoms with Gasteiger partial charge in [-0.1, -0.05) is 6.08 Å². The molecule has 0 saturated heterocycles. The van der Waals surface area contributed by atoms with Crippen LogP contribution in [0.5, 0.6) is 0 Å². The summed E-state index contributed by atoms with van der Waals surface area (Å²) in [7, 11) is -4.76. The highest BCUT2D eigenvalue weighted by atomic mass is 31.2. The molecule has 0 aliphatic rings. The van der Waals surface area contributed by atoms with Crippen LogP contribution in [0, 0.1) is 0 Å². The zero-order chi connectivity index (χ0) is 12.9. The second kappa shape index (κ2) is 6.43. The van der Waals surface area contributed by atoms with Crippen LogP contribution in [0.3, 0.4) is 0 Å². The second-order valence-corrected chi connectivity index (χ2v) is 4.30. The molecule has 96 valence electrons. The molecule has 0 aromatic heterocycles. The third-order valence-electron chi connectivity index (χ3n) is 1.75. The van der Waals surface area contributed by atoms with E-state index >= 15 is 0 Å². The van der Waals surface area contributed by atoms with Crippen LogP contribution in [0.1, 0.15) is 0 Å². The van der Waals surface area contributed by atoms with E-state index in [2.05, 4.69) is 11.1 Å². The number of aliphatic hydroxyl groups is 4. The molecular weight excluding hydrogens is 243 g/mol. The molecule has 0 aromatic carbocycles. The second-order valence-electron chi connectivity index (χ2n) is 3.06. The SMILES string of the molecule is C=C[C@H](O)[C@@H](O)[C@H](O)[C@H](O)COP(=O)(O)O. The summed E-state index contributed by atoms with van der Waals surface area (Å²) in [5.41, 5.74) is 0. The van der Waals surface area contributed by atoms with Gasteiger partial charge in [-0.15, -0.1) is 6.58 Å². The van der Waals surface area contributed by atoms with Crippen molar-refractivity contribution >= 4 is 7.82 Å². The van der Waals surface area contributed by atoms with Gasteiger partial charge >= 0.3 is 7.82 Å². The average molecular weight is 258 g/mol. The summed E-state index contributed by atoms with van der Waals surface area (Å²) in [5.74, 6) is 0. The van der Waals surface area contributed by atoms with Crippen LogP contribution >= 0.6 is 7.82 Å². The highest BCUT2D eigenvalue weighted by molar-refractivity contribution is 7.46. The van der Waals surface area contributed by atoms with E-state index in [0.717, 1.165) is 6.08 Å². The van der Waals surface area contributed by atoms with Crippen molar-refractivity contribution in [3.05, 3.63) is 12.7 Å². The number of hydrogen-bond acceptors (Lipinski definition) is 6. The lowest BCUT2D eigenvalue weighted by atomic mass is 10.0. The zero-order valence-electron chi connectivity index (χ0n) is 8.25. The van der Waals surface area contributed by atoms with Gasteiger partial charge in [-0.25, -0.2) is 4.57 Å². The summed E-state index contributed by atoms with van der Waals surface area (Å²) in [6.45, 7) is 2.27. The van der Waals surface area contributed by atoms with Crippen molar-refractivity contribution in [2.45, 2.75) is 24.4 Å². The lowest BCUT2D eigenvalue weighted by molar-refractivity contribution is -0.103. The number of phosphoric acid groups is 1. The summed E-state index contributed by atoms with van der Waals surface area (Å²) in [6.07, 6.45) is -5.84. The first-order valence-electron chi connectivity index (χ1n) is 4.24. The molecule has 0 unspecified atom stereocenters. The summed E-state index contributed by atoms with van der Waals surface area (Å²) in [6, 6.07) is 0. The minimum absolute atomic E-state index is 0.883. The third kappa shape index (κ3) is 5.69. The van der Waals surface area contributed by atoms with Crippen LogP contribution < -0.4 is 0 Å². The largest absolute Gasteiger partial charge is 0.469 e. The molecule has 0 aromatic rings. The number of rotatable bonds is 7. The van der Waals surface area contributed by atoms with Crippen molar-refractivity contribution < 1.29 is 39.3 Å². The maximum absolute atomic E-state index is 10.3. The van der Waals surface area contributed by atoms with Gasteiger partial charge < -0.3 is 30.2 Å². The van der Waals surface area contributed by atoms with Crippen LogP contribution in [0.15, 0.2) is 12.7 Å². The standard InChI is InChI=1S/C7H15O8P/c1-2-4(8)6(10)7(11)5(9)3-15-16(12,13)14/h2,4-11H,1,3H2,(H2,12,13,14)/t4-,5+,6+,7+/m0/s1. The Morgan fingerprint density at radius 3 is 2.06 bits per heavy atom. The molecule has 0 amide bonds. The van der Waals surface area contributed by atoms with Crippen molar-refractivity contribution in [2.24, 2.45) is 0 Å². The Labute approximate surface area is 91.7 Å². The van der Waals surface area contributed by atoms with E-state index in [4.69, 9.17) is 14.9 Å². The maximum Gasteiger partial charge on any atom is 0.469 e. The van der Waals surface area contributed by atoms with E-state index in [1.807, 2.05) is 0 Å². The van der Waals surface area contributed by atoms with Crippen LogP contribution in [0.2, 0.25) is 0 Å². The Balaban J connectivity index is 4.22. The molecule has 9 heteroatoms. The van der Waals surface area contributed by atoms with Gasteiger partial charge in [-0.3, -0.25) is 4.52 Å². The Bertz CT molecular complexity index is 263. The molecular formula is C7H15O8P.